The quantitative estimate of drug-likeness (QED) is 0.827. The molecule has 1 aliphatic rings. The van der Waals surface area contributed by atoms with E-state index in [0.29, 0.717) is 48.2 Å². The van der Waals surface area contributed by atoms with Crippen LogP contribution >= 0.6 is 11.6 Å². The molecule has 0 spiro atoms. The molecule has 0 bridgehead atoms. The highest BCUT2D eigenvalue weighted by atomic mass is 35.5. The molecule has 0 atom stereocenters. The maximum atomic E-state index is 12.8. The van der Waals surface area contributed by atoms with Crippen molar-refractivity contribution in [1.29, 1.82) is 0 Å². The number of nitrogens with zero attached hydrogens (tertiary/aromatic N) is 2. The van der Waals surface area contributed by atoms with Crippen LogP contribution in [0.25, 0.3) is 0 Å². The average Bonchev–Trinajstić information content (AvgIpc) is 2.55. The van der Waals surface area contributed by atoms with Crippen molar-refractivity contribution in [2.24, 2.45) is 5.41 Å². The van der Waals surface area contributed by atoms with Crippen LogP contribution in [0.4, 0.5) is 5.69 Å². The molecule has 6 nitrogen and oxygen atoms in total. The fraction of sp³-hybridized carbons (Fsp3) is 0.529. The third kappa shape index (κ3) is 3.75. The van der Waals surface area contributed by atoms with Crippen molar-refractivity contribution in [3.05, 3.63) is 22.7 Å². The maximum absolute atomic E-state index is 12.8. The number of piperazine rings is 1. The molecule has 132 valence electrons. The number of methoxy groups -OCH3 is 1. The molecule has 1 saturated heterocycles. The van der Waals surface area contributed by atoms with Crippen LogP contribution in [0.3, 0.4) is 0 Å². The molecule has 0 aromatic heterocycles. The Morgan fingerprint density at radius 2 is 1.67 bits per heavy atom. The van der Waals surface area contributed by atoms with Crippen LogP contribution in [-0.2, 0) is 4.79 Å². The van der Waals surface area contributed by atoms with Crippen molar-refractivity contribution >= 4 is 29.1 Å². The van der Waals surface area contributed by atoms with E-state index in [0.717, 1.165) is 0 Å². The van der Waals surface area contributed by atoms with Gasteiger partial charge in [-0.25, -0.2) is 0 Å². The summed E-state index contributed by atoms with van der Waals surface area (Å²) in [5.74, 6) is 0.328. The summed E-state index contributed by atoms with van der Waals surface area (Å²) in [5.41, 5.74) is 6.09. The second-order valence-electron chi connectivity index (χ2n) is 6.91. The summed E-state index contributed by atoms with van der Waals surface area (Å²) < 4.78 is 5.25. The Morgan fingerprint density at radius 3 is 2.17 bits per heavy atom. The van der Waals surface area contributed by atoms with Crippen LogP contribution in [0, 0.1) is 5.41 Å². The molecule has 2 amide bonds. The molecule has 0 unspecified atom stereocenters. The molecular weight excluding hydrogens is 330 g/mol. The lowest BCUT2D eigenvalue weighted by atomic mass is 9.94. The minimum absolute atomic E-state index is 0.0997. The van der Waals surface area contributed by atoms with E-state index in [-0.39, 0.29) is 11.8 Å². The molecule has 0 radical (unpaired) electrons. The summed E-state index contributed by atoms with van der Waals surface area (Å²) in [5, 5.41) is 0.320. The molecule has 0 aliphatic carbocycles. The van der Waals surface area contributed by atoms with Gasteiger partial charge in [-0.2, -0.15) is 0 Å². The number of benzene rings is 1. The van der Waals surface area contributed by atoms with Gasteiger partial charge in [0.05, 0.1) is 23.4 Å². The van der Waals surface area contributed by atoms with E-state index in [2.05, 4.69) is 0 Å². The first-order valence-electron chi connectivity index (χ1n) is 7.87. The number of halogens is 1. The lowest BCUT2D eigenvalue weighted by Gasteiger charge is -2.37. The van der Waals surface area contributed by atoms with E-state index in [1.807, 2.05) is 20.8 Å². The van der Waals surface area contributed by atoms with E-state index in [9.17, 15) is 9.59 Å². The predicted octanol–water partition coefficient (Wildman–Crippen LogP) is 2.26. The van der Waals surface area contributed by atoms with E-state index >= 15 is 0 Å². The zero-order chi connectivity index (χ0) is 18.1. The summed E-state index contributed by atoms with van der Waals surface area (Å²) in [6.45, 7) is 7.69. The Kier molecular flexibility index (Phi) is 5.28. The first-order valence-corrected chi connectivity index (χ1v) is 8.24. The summed E-state index contributed by atoms with van der Waals surface area (Å²) in [6, 6.07) is 3.08. The number of nitrogens with two attached hydrogens (primary N) is 1. The van der Waals surface area contributed by atoms with Crippen molar-refractivity contribution < 1.29 is 14.3 Å². The lowest BCUT2D eigenvalue weighted by Crippen LogP contribution is -2.53. The van der Waals surface area contributed by atoms with Gasteiger partial charge in [0, 0.05) is 37.7 Å². The van der Waals surface area contributed by atoms with Crippen LogP contribution in [0.2, 0.25) is 5.02 Å². The first-order chi connectivity index (χ1) is 11.1. The zero-order valence-electron chi connectivity index (χ0n) is 14.6. The number of rotatable bonds is 2. The van der Waals surface area contributed by atoms with Crippen molar-refractivity contribution in [3.63, 3.8) is 0 Å². The standard InChI is InChI=1S/C17H24ClN3O3/c1-17(2,3)16(23)21-7-5-20(6-8-21)15(22)11-9-12(18)13(19)10-14(11)24-4/h9-10H,5-8,19H2,1-4H3. The molecule has 7 heteroatoms. The summed E-state index contributed by atoms with van der Waals surface area (Å²) in [7, 11) is 1.49. The summed E-state index contributed by atoms with van der Waals surface area (Å²) in [4.78, 5) is 28.6. The number of carbonyl (C=O) groups is 2. The van der Waals surface area contributed by atoms with Gasteiger partial charge >= 0.3 is 0 Å². The number of hydrogen-bond donors (Lipinski definition) is 1. The summed E-state index contributed by atoms with van der Waals surface area (Å²) in [6.07, 6.45) is 0. The Bertz CT molecular complexity index is 647. The van der Waals surface area contributed by atoms with Gasteiger partial charge in [0.2, 0.25) is 5.91 Å². The minimum atomic E-state index is -0.417. The van der Waals surface area contributed by atoms with Crippen molar-refractivity contribution in [2.75, 3.05) is 39.0 Å². The number of nitrogen functional groups attached to an aromatic ring is 1. The van der Waals surface area contributed by atoms with Gasteiger partial charge in [-0.05, 0) is 6.07 Å². The largest absolute Gasteiger partial charge is 0.496 e. The van der Waals surface area contributed by atoms with Crippen molar-refractivity contribution in [2.45, 2.75) is 20.8 Å². The van der Waals surface area contributed by atoms with Gasteiger partial charge in [-0.15, -0.1) is 0 Å². The number of carbonyl (C=O) groups excluding carboxylic acids is 2. The van der Waals surface area contributed by atoms with Crippen LogP contribution in [-0.4, -0.2) is 54.9 Å². The van der Waals surface area contributed by atoms with Crippen molar-refractivity contribution in [3.8, 4) is 5.75 Å². The molecule has 1 aromatic carbocycles. The smallest absolute Gasteiger partial charge is 0.257 e. The maximum Gasteiger partial charge on any atom is 0.257 e. The molecular formula is C17H24ClN3O3. The molecule has 2 N–H and O–H groups in total. The Morgan fingerprint density at radius 1 is 1.12 bits per heavy atom. The Balaban J connectivity index is 2.11. The van der Waals surface area contributed by atoms with Crippen LogP contribution in [0.1, 0.15) is 31.1 Å². The number of anilines is 1. The number of amides is 2. The van der Waals surface area contributed by atoms with Gasteiger partial charge in [-0.3, -0.25) is 9.59 Å². The first kappa shape index (κ1) is 18.4. The van der Waals surface area contributed by atoms with E-state index < -0.39 is 5.41 Å². The third-order valence-electron chi connectivity index (χ3n) is 4.04. The Labute approximate surface area is 147 Å². The van der Waals surface area contributed by atoms with E-state index in [1.165, 1.54) is 13.2 Å². The van der Waals surface area contributed by atoms with Gasteiger partial charge < -0.3 is 20.3 Å². The normalized spacial score (nSPS) is 15.4. The third-order valence-corrected chi connectivity index (χ3v) is 4.37. The molecule has 24 heavy (non-hydrogen) atoms. The monoisotopic (exact) mass is 353 g/mol. The van der Waals surface area contributed by atoms with Gasteiger partial charge in [0.25, 0.3) is 5.91 Å². The highest BCUT2D eigenvalue weighted by Crippen LogP contribution is 2.30. The van der Waals surface area contributed by atoms with E-state index in [4.69, 9.17) is 22.1 Å². The van der Waals surface area contributed by atoms with Gasteiger partial charge in [0.1, 0.15) is 5.75 Å². The SMILES string of the molecule is COc1cc(N)c(Cl)cc1C(=O)N1CCN(C(=O)C(C)(C)C)CC1. The fourth-order valence-corrected chi connectivity index (χ4v) is 2.83. The van der Waals surface area contributed by atoms with Gasteiger partial charge in [0.15, 0.2) is 0 Å². The lowest BCUT2D eigenvalue weighted by molar-refractivity contribution is -0.140. The topological polar surface area (TPSA) is 75.9 Å². The minimum Gasteiger partial charge on any atom is -0.496 e. The van der Waals surface area contributed by atoms with Crippen LogP contribution in [0.15, 0.2) is 12.1 Å². The zero-order valence-corrected chi connectivity index (χ0v) is 15.3. The van der Waals surface area contributed by atoms with Gasteiger partial charge in [-0.1, -0.05) is 32.4 Å². The second-order valence-corrected chi connectivity index (χ2v) is 7.32. The van der Waals surface area contributed by atoms with Crippen molar-refractivity contribution in [1.82, 2.24) is 9.80 Å². The molecule has 1 heterocycles. The molecule has 2 rings (SSSR count). The predicted molar refractivity (Wildman–Crippen MR) is 94.4 cm³/mol. The number of hydrogen-bond acceptors (Lipinski definition) is 4. The molecule has 0 saturated carbocycles. The summed E-state index contributed by atoms with van der Waals surface area (Å²) >= 11 is 6.04. The molecule has 1 fully saturated rings. The number of ether oxygens (including phenoxy) is 1. The Hall–Kier alpha value is -1.95. The second kappa shape index (κ2) is 6.89. The average molecular weight is 354 g/mol. The molecule has 1 aromatic rings. The molecule has 1 aliphatic heterocycles. The highest BCUT2D eigenvalue weighted by Gasteiger charge is 2.31. The van der Waals surface area contributed by atoms with Crippen LogP contribution in [0.5, 0.6) is 5.75 Å². The van der Waals surface area contributed by atoms with Crippen LogP contribution < -0.4 is 10.5 Å². The fourth-order valence-electron chi connectivity index (χ4n) is 2.66. The van der Waals surface area contributed by atoms with E-state index in [1.54, 1.807) is 15.9 Å². The highest BCUT2D eigenvalue weighted by molar-refractivity contribution is 6.33.